The fraction of sp³-hybridized carbons (Fsp3) is 0.0714. The van der Waals surface area contributed by atoms with E-state index >= 15 is 0 Å². The van der Waals surface area contributed by atoms with E-state index in [0.717, 1.165) is 0 Å². The van der Waals surface area contributed by atoms with Gasteiger partial charge >= 0.3 is 0 Å². The van der Waals surface area contributed by atoms with Gasteiger partial charge in [0.15, 0.2) is 5.43 Å². The molecule has 1 heterocycles. The maximum Gasteiger partial charge on any atom is 0.261 e. The van der Waals surface area contributed by atoms with Gasteiger partial charge in [0.1, 0.15) is 5.56 Å². The summed E-state index contributed by atoms with van der Waals surface area (Å²) in [7, 11) is 0. The summed E-state index contributed by atoms with van der Waals surface area (Å²) >= 11 is 0. The van der Waals surface area contributed by atoms with Crippen LogP contribution in [0.2, 0.25) is 0 Å². The van der Waals surface area contributed by atoms with Crippen LogP contribution in [0.15, 0.2) is 41.3 Å². The first-order valence-corrected chi connectivity index (χ1v) is 5.61. The minimum atomic E-state index is -0.503. The number of rotatable bonds is 2. The zero-order valence-electron chi connectivity index (χ0n) is 10.2. The number of carbonyl (C=O) groups excluding carboxylic acids is 1. The molecule has 0 radical (unpaired) electrons. The number of benzene rings is 1. The second-order valence-corrected chi connectivity index (χ2v) is 4.04. The molecule has 0 saturated carbocycles. The number of aryl methyl sites for hydroxylation is 1. The van der Waals surface area contributed by atoms with Gasteiger partial charge in [0.05, 0.1) is 11.6 Å². The van der Waals surface area contributed by atoms with Gasteiger partial charge < -0.3 is 10.3 Å². The molecule has 0 saturated heterocycles. The Labute approximate surface area is 109 Å². The summed E-state index contributed by atoms with van der Waals surface area (Å²) in [6.07, 6.45) is 1.38. The van der Waals surface area contributed by atoms with Crippen molar-refractivity contribution in [3.05, 3.63) is 63.6 Å². The lowest BCUT2D eigenvalue weighted by Crippen LogP contribution is -2.21. The summed E-state index contributed by atoms with van der Waals surface area (Å²) in [5.41, 5.74) is 1.30. The molecule has 1 aromatic heterocycles. The Morgan fingerprint density at radius 3 is 2.84 bits per heavy atom. The van der Waals surface area contributed by atoms with Crippen LogP contribution >= 0.6 is 0 Å². The number of anilines is 1. The molecule has 0 fully saturated rings. The van der Waals surface area contributed by atoms with Gasteiger partial charge in [0, 0.05) is 23.6 Å². The van der Waals surface area contributed by atoms with Crippen LogP contribution < -0.4 is 10.7 Å². The van der Waals surface area contributed by atoms with Crippen LogP contribution in [-0.2, 0) is 0 Å². The average molecular weight is 253 g/mol. The second kappa shape index (κ2) is 5.19. The van der Waals surface area contributed by atoms with E-state index in [9.17, 15) is 9.59 Å². The largest absolute Gasteiger partial charge is 0.364 e. The first-order chi connectivity index (χ1) is 9.10. The fourth-order valence-electron chi connectivity index (χ4n) is 1.62. The number of amides is 1. The monoisotopic (exact) mass is 253 g/mol. The van der Waals surface area contributed by atoms with Crippen molar-refractivity contribution in [2.45, 2.75) is 6.92 Å². The van der Waals surface area contributed by atoms with E-state index in [1.54, 1.807) is 31.2 Å². The molecule has 2 aromatic rings. The van der Waals surface area contributed by atoms with Gasteiger partial charge in [0.25, 0.3) is 5.91 Å². The molecule has 0 aliphatic rings. The van der Waals surface area contributed by atoms with Gasteiger partial charge in [-0.15, -0.1) is 0 Å². The van der Waals surface area contributed by atoms with Crippen LogP contribution in [-0.4, -0.2) is 10.9 Å². The molecule has 1 amide bonds. The molecule has 19 heavy (non-hydrogen) atoms. The maximum absolute atomic E-state index is 11.9. The van der Waals surface area contributed by atoms with Crippen LogP contribution in [0.1, 0.15) is 21.6 Å². The van der Waals surface area contributed by atoms with Gasteiger partial charge in [0.2, 0.25) is 0 Å². The molecule has 0 aliphatic carbocycles. The summed E-state index contributed by atoms with van der Waals surface area (Å²) in [6.45, 7) is 1.74. The molecule has 2 N–H and O–H groups in total. The molecule has 0 bridgehead atoms. The molecule has 0 unspecified atom stereocenters. The van der Waals surface area contributed by atoms with Crippen molar-refractivity contribution in [2.75, 3.05) is 5.32 Å². The highest BCUT2D eigenvalue weighted by Crippen LogP contribution is 2.10. The van der Waals surface area contributed by atoms with Crippen LogP contribution in [0, 0.1) is 18.3 Å². The number of aromatic amines is 1. The Morgan fingerprint density at radius 1 is 1.37 bits per heavy atom. The molecule has 94 valence electrons. The quantitative estimate of drug-likeness (QED) is 0.855. The number of aromatic nitrogens is 1. The number of nitrogens with one attached hydrogen (secondary N) is 2. The van der Waals surface area contributed by atoms with Gasteiger partial charge in [-0.05, 0) is 25.1 Å². The standard InChI is InChI=1S/C14H11N3O2/c1-9-5-13(18)12(8-16-9)14(19)17-11-4-2-3-10(6-11)7-15/h2-6,8H,1H3,(H,16,18)(H,17,19). The lowest BCUT2D eigenvalue weighted by Gasteiger charge is -2.05. The third kappa shape index (κ3) is 2.87. The van der Waals surface area contributed by atoms with E-state index in [1.807, 2.05) is 6.07 Å². The van der Waals surface area contributed by atoms with Crippen LogP contribution in [0.3, 0.4) is 0 Å². The van der Waals surface area contributed by atoms with Gasteiger partial charge in [-0.25, -0.2) is 0 Å². The smallest absolute Gasteiger partial charge is 0.261 e. The first-order valence-electron chi connectivity index (χ1n) is 5.61. The predicted molar refractivity (Wildman–Crippen MR) is 70.9 cm³/mol. The van der Waals surface area contributed by atoms with Crippen molar-refractivity contribution in [1.82, 2.24) is 4.98 Å². The number of nitrogens with zero attached hydrogens (tertiary/aromatic N) is 1. The van der Waals surface area contributed by atoms with E-state index in [1.165, 1.54) is 12.3 Å². The predicted octanol–water partition coefficient (Wildman–Crippen LogP) is 1.81. The van der Waals surface area contributed by atoms with Crippen molar-refractivity contribution >= 4 is 11.6 Å². The zero-order valence-corrected chi connectivity index (χ0v) is 10.2. The third-order valence-corrected chi connectivity index (χ3v) is 2.55. The number of pyridine rings is 1. The highest BCUT2D eigenvalue weighted by Gasteiger charge is 2.10. The highest BCUT2D eigenvalue weighted by atomic mass is 16.2. The summed E-state index contributed by atoms with van der Waals surface area (Å²) in [6, 6.07) is 9.83. The van der Waals surface area contributed by atoms with Gasteiger partial charge in [-0.1, -0.05) is 6.07 Å². The third-order valence-electron chi connectivity index (χ3n) is 2.55. The summed E-state index contributed by atoms with van der Waals surface area (Å²) in [5.74, 6) is -0.503. The molecular formula is C14H11N3O2. The van der Waals surface area contributed by atoms with Crippen LogP contribution in [0.5, 0.6) is 0 Å². The Morgan fingerprint density at radius 2 is 2.16 bits per heavy atom. The Kier molecular flexibility index (Phi) is 3.44. The highest BCUT2D eigenvalue weighted by molar-refractivity contribution is 6.04. The van der Waals surface area contributed by atoms with Crippen molar-refractivity contribution in [3.63, 3.8) is 0 Å². The number of H-pyrrole nitrogens is 1. The minimum Gasteiger partial charge on any atom is -0.364 e. The number of nitriles is 1. The lowest BCUT2D eigenvalue weighted by atomic mass is 10.2. The number of hydrogen-bond donors (Lipinski definition) is 2. The molecule has 5 nitrogen and oxygen atoms in total. The zero-order chi connectivity index (χ0) is 13.8. The van der Waals surface area contributed by atoms with E-state index in [2.05, 4.69) is 10.3 Å². The van der Waals surface area contributed by atoms with Gasteiger partial charge in [-0.3, -0.25) is 9.59 Å². The van der Waals surface area contributed by atoms with Crippen molar-refractivity contribution < 1.29 is 4.79 Å². The normalized spacial score (nSPS) is 9.68. The summed E-state index contributed by atoms with van der Waals surface area (Å²) in [5, 5.41) is 11.4. The molecule has 0 spiro atoms. The minimum absolute atomic E-state index is 0.0351. The summed E-state index contributed by atoms with van der Waals surface area (Å²) in [4.78, 5) is 26.4. The SMILES string of the molecule is Cc1cc(=O)c(C(=O)Nc2cccc(C#N)c2)c[nH]1. The van der Waals surface area contributed by atoms with E-state index in [-0.39, 0.29) is 11.0 Å². The van der Waals surface area contributed by atoms with Crippen molar-refractivity contribution in [3.8, 4) is 6.07 Å². The van der Waals surface area contributed by atoms with Crippen molar-refractivity contribution in [2.24, 2.45) is 0 Å². The Balaban J connectivity index is 2.26. The molecule has 5 heteroatoms. The summed E-state index contributed by atoms with van der Waals surface area (Å²) < 4.78 is 0. The Bertz CT molecular complexity index is 726. The average Bonchev–Trinajstić information content (AvgIpc) is 2.38. The molecule has 0 aliphatic heterocycles. The van der Waals surface area contributed by atoms with Crippen molar-refractivity contribution in [1.29, 1.82) is 5.26 Å². The van der Waals surface area contributed by atoms with E-state index in [4.69, 9.17) is 5.26 Å². The number of hydrogen-bond acceptors (Lipinski definition) is 3. The Hall–Kier alpha value is -2.87. The van der Waals surface area contributed by atoms with Crippen LogP contribution in [0.25, 0.3) is 0 Å². The molecular weight excluding hydrogens is 242 g/mol. The molecule has 2 rings (SSSR count). The second-order valence-electron chi connectivity index (χ2n) is 4.04. The van der Waals surface area contributed by atoms with Gasteiger partial charge in [-0.2, -0.15) is 5.26 Å². The molecule has 1 aromatic carbocycles. The topological polar surface area (TPSA) is 85.8 Å². The van der Waals surface area contributed by atoms with E-state index in [0.29, 0.717) is 16.9 Å². The maximum atomic E-state index is 11.9. The number of carbonyl (C=O) groups is 1. The molecule has 0 atom stereocenters. The fourth-order valence-corrected chi connectivity index (χ4v) is 1.62. The van der Waals surface area contributed by atoms with E-state index < -0.39 is 5.91 Å². The lowest BCUT2D eigenvalue weighted by molar-refractivity contribution is 0.102. The van der Waals surface area contributed by atoms with Crippen LogP contribution in [0.4, 0.5) is 5.69 Å². The first kappa shape index (κ1) is 12.6.